The van der Waals surface area contributed by atoms with E-state index >= 15 is 0 Å². The summed E-state index contributed by atoms with van der Waals surface area (Å²) >= 11 is 0. The number of unbranched alkanes of at least 4 members (excludes halogenated alkanes) is 1. The SMILES string of the molecule is CCCCS(=O)(=O)N1CCC2(CC1)[C@H]1CN(C(C)=O)C[C@H]1C(=O)N2C. The first-order chi connectivity index (χ1) is 11.7. The van der Waals surface area contributed by atoms with Crippen molar-refractivity contribution < 1.29 is 18.0 Å². The summed E-state index contributed by atoms with van der Waals surface area (Å²) in [5.74, 6) is 0.317. The first-order valence-corrected chi connectivity index (χ1v) is 10.8. The molecule has 3 aliphatic heterocycles. The number of hydrogen-bond donors (Lipinski definition) is 0. The summed E-state index contributed by atoms with van der Waals surface area (Å²) in [6.45, 7) is 5.58. The van der Waals surface area contributed by atoms with Crippen molar-refractivity contribution in [3.05, 3.63) is 0 Å². The maximum absolute atomic E-state index is 12.7. The van der Waals surface area contributed by atoms with Gasteiger partial charge in [-0.15, -0.1) is 0 Å². The van der Waals surface area contributed by atoms with Crippen LogP contribution < -0.4 is 0 Å². The molecule has 3 saturated heterocycles. The Kier molecular flexibility index (Phi) is 4.87. The Labute approximate surface area is 150 Å². The van der Waals surface area contributed by atoms with Gasteiger partial charge in [0.15, 0.2) is 0 Å². The molecule has 0 aromatic rings. The van der Waals surface area contributed by atoms with Gasteiger partial charge in [-0.1, -0.05) is 13.3 Å². The van der Waals surface area contributed by atoms with E-state index in [1.165, 1.54) is 0 Å². The maximum Gasteiger partial charge on any atom is 0.228 e. The van der Waals surface area contributed by atoms with Gasteiger partial charge in [0.05, 0.1) is 17.2 Å². The highest BCUT2D eigenvalue weighted by Crippen LogP contribution is 2.49. The fourth-order valence-corrected chi connectivity index (χ4v) is 6.54. The van der Waals surface area contributed by atoms with E-state index in [-0.39, 0.29) is 34.9 Å². The normalized spacial score (nSPS) is 29.5. The Morgan fingerprint density at radius 3 is 2.44 bits per heavy atom. The minimum absolute atomic E-state index is 0.0135. The fraction of sp³-hybridized carbons (Fsp3) is 0.882. The number of fused-ring (bicyclic) bond motifs is 2. The molecule has 8 heteroatoms. The highest BCUT2D eigenvalue weighted by Gasteiger charge is 2.61. The zero-order valence-electron chi connectivity index (χ0n) is 15.4. The molecule has 0 radical (unpaired) electrons. The summed E-state index contributed by atoms with van der Waals surface area (Å²) in [5.41, 5.74) is -0.303. The molecule has 0 N–H and O–H groups in total. The third-order valence-corrected chi connectivity index (χ3v) is 8.47. The zero-order chi connectivity index (χ0) is 18.4. The Hall–Kier alpha value is -1.15. The number of carbonyl (C=O) groups is 2. The Balaban J connectivity index is 1.75. The molecule has 3 fully saturated rings. The molecule has 3 rings (SSSR count). The Morgan fingerprint density at radius 1 is 1.24 bits per heavy atom. The van der Waals surface area contributed by atoms with Gasteiger partial charge in [-0.05, 0) is 19.3 Å². The van der Waals surface area contributed by atoms with Crippen LogP contribution in [0.15, 0.2) is 0 Å². The van der Waals surface area contributed by atoms with Gasteiger partial charge in [-0.2, -0.15) is 0 Å². The molecule has 0 unspecified atom stereocenters. The lowest BCUT2D eigenvalue weighted by molar-refractivity contribution is -0.135. The average molecular weight is 372 g/mol. The predicted molar refractivity (Wildman–Crippen MR) is 94.2 cm³/mol. The summed E-state index contributed by atoms with van der Waals surface area (Å²) < 4.78 is 26.5. The maximum atomic E-state index is 12.7. The van der Waals surface area contributed by atoms with Crippen LogP contribution in [-0.4, -0.2) is 78.9 Å². The molecule has 1 spiro atoms. The van der Waals surface area contributed by atoms with Crippen molar-refractivity contribution in [1.82, 2.24) is 14.1 Å². The second kappa shape index (κ2) is 6.54. The van der Waals surface area contributed by atoms with E-state index in [1.54, 1.807) is 16.1 Å². The molecule has 0 saturated carbocycles. The minimum atomic E-state index is -3.20. The number of likely N-dealkylation sites (tertiary alicyclic amines) is 2. The highest BCUT2D eigenvalue weighted by atomic mass is 32.2. The van der Waals surface area contributed by atoms with Gasteiger partial charge in [0.25, 0.3) is 0 Å². The van der Waals surface area contributed by atoms with Crippen molar-refractivity contribution in [1.29, 1.82) is 0 Å². The van der Waals surface area contributed by atoms with Crippen LogP contribution in [0.25, 0.3) is 0 Å². The van der Waals surface area contributed by atoms with Crippen LogP contribution in [0.5, 0.6) is 0 Å². The van der Waals surface area contributed by atoms with E-state index in [4.69, 9.17) is 0 Å². The zero-order valence-corrected chi connectivity index (χ0v) is 16.2. The lowest BCUT2D eigenvalue weighted by Gasteiger charge is -2.46. The number of nitrogens with zero attached hydrogens (tertiary/aromatic N) is 3. The van der Waals surface area contributed by atoms with Gasteiger partial charge in [-0.25, -0.2) is 12.7 Å². The van der Waals surface area contributed by atoms with E-state index in [9.17, 15) is 18.0 Å². The third kappa shape index (κ3) is 2.97. The van der Waals surface area contributed by atoms with Crippen LogP contribution in [0, 0.1) is 11.8 Å². The van der Waals surface area contributed by atoms with Crippen molar-refractivity contribution >= 4 is 21.8 Å². The number of rotatable bonds is 4. The van der Waals surface area contributed by atoms with Crippen molar-refractivity contribution in [2.24, 2.45) is 11.8 Å². The van der Waals surface area contributed by atoms with Crippen LogP contribution in [0.4, 0.5) is 0 Å². The van der Waals surface area contributed by atoms with Crippen molar-refractivity contribution in [3.8, 4) is 0 Å². The molecule has 7 nitrogen and oxygen atoms in total. The molecule has 25 heavy (non-hydrogen) atoms. The second-order valence-electron chi connectivity index (χ2n) is 7.71. The number of sulfonamides is 1. The molecule has 3 heterocycles. The van der Waals surface area contributed by atoms with Crippen LogP contribution in [0.2, 0.25) is 0 Å². The molecular formula is C17H29N3O4S. The van der Waals surface area contributed by atoms with Gasteiger partial charge in [0.1, 0.15) is 0 Å². The average Bonchev–Trinajstić information content (AvgIpc) is 3.10. The molecule has 2 atom stereocenters. The topological polar surface area (TPSA) is 78.0 Å². The summed E-state index contributed by atoms with van der Waals surface area (Å²) in [5, 5.41) is 0. The standard InChI is InChI=1S/C17H29N3O4S/c1-4-5-10-25(23,24)20-8-6-17(7-9-20)15-12-19(13(2)21)11-14(15)16(22)18(17)3/h14-15H,4-12H2,1-3H3/t14-,15+/m1/s1. The number of hydrogen-bond acceptors (Lipinski definition) is 4. The highest BCUT2D eigenvalue weighted by molar-refractivity contribution is 7.89. The van der Waals surface area contributed by atoms with Crippen molar-refractivity contribution in [2.45, 2.75) is 45.1 Å². The summed E-state index contributed by atoms with van der Waals surface area (Å²) in [7, 11) is -1.36. The summed E-state index contributed by atoms with van der Waals surface area (Å²) in [6.07, 6.45) is 2.86. The lowest BCUT2D eigenvalue weighted by atomic mass is 9.75. The predicted octanol–water partition coefficient (Wildman–Crippen LogP) is 0.517. The van der Waals surface area contributed by atoms with Gasteiger partial charge < -0.3 is 9.80 Å². The first-order valence-electron chi connectivity index (χ1n) is 9.24. The summed E-state index contributed by atoms with van der Waals surface area (Å²) in [4.78, 5) is 28.1. The molecule has 0 bridgehead atoms. The van der Waals surface area contributed by atoms with Crippen LogP contribution in [-0.2, 0) is 19.6 Å². The molecule has 0 aromatic carbocycles. The molecule has 142 valence electrons. The van der Waals surface area contributed by atoms with E-state index in [0.29, 0.717) is 45.4 Å². The van der Waals surface area contributed by atoms with E-state index in [0.717, 1.165) is 6.42 Å². The van der Waals surface area contributed by atoms with Crippen molar-refractivity contribution in [2.75, 3.05) is 39.0 Å². The van der Waals surface area contributed by atoms with E-state index < -0.39 is 10.0 Å². The van der Waals surface area contributed by atoms with Crippen LogP contribution in [0.1, 0.15) is 39.5 Å². The van der Waals surface area contributed by atoms with Crippen molar-refractivity contribution in [3.63, 3.8) is 0 Å². The monoisotopic (exact) mass is 371 g/mol. The van der Waals surface area contributed by atoms with Crippen LogP contribution >= 0.6 is 0 Å². The molecular weight excluding hydrogens is 342 g/mol. The lowest BCUT2D eigenvalue weighted by Crippen LogP contribution is -2.57. The van der Waals surface area contributed by atoms with Gasteiger partial charge >= 0.3 is 0 Å². The number of piperidine rings is 1. The van der Waals surface area contributed by atoms with Gasteiger partial charge in [0.2, 0.25) is 21.8 Å². The minimum Gasteiger partial charge on any atom is -0.342 e. The largest absolute Gasteiger partial charge is 0.342 e. The van der Waals surface area contributed by atoms with Gasteiger partial charge in [-0.3, -0.25) is 9.59 Å². The molecule has 3 aliphatic rings. The number of amides is 2. The van der Waals surface area contributed by atoms with Crippen LogP contribution in [0.3, 0.4) is 0 Å². The number of carbonyl (C=O) groups excluding carboxylic acids is 2. The molecule has 0 aromatic heterocycles. The van der Waals surface area contributed by atoms with E-state index in [2.05, 4.69) is 0 Å². The molecule has 2 amide bonds. The third-order valence-electron chi connectivity index (χ3n) is 6.51. The Morgan fingerprint density at radius 2 is 1.88 bits per heavy atom. The smallest absolute Gasteiger partial charge is 0.228 e. The second-order valence-corrected chi connectivity index (χ2v) is 9.79. The quantitative estimate of drug-likeness (QED) is 0.722. The first kappa shape index (κ1) is 18.6. The fourth-order valence-electron chi connectivity index (χ4n) is 4.89. The molecule has 0 aliphatic carbocycles. The van der Waals surface area contributed by atoms with E-state index in [1.807, 2.05) is 18.9 Å². The Bertz CT molecular complexity index is 655. The summed E-state index contributed by atoms with van der Waals surface area (Å²) in [6, 6.07) is 0. The van der Waals surface area contributed by atoms with Gasteiger partial charge in [0, 0.05) is 46.1 Å².